The fourth-order valence-electron chi connectivity index (χ4n) is 3.79. The zero-order valence-electron chi connectivity index (χ0n) is 19.1. The summed E-state index contributed by atoms with van der Waals surface area (Å²) in [5.41, 5.74) is 2.56. The van der Waals surface area contributed by atoms with Crippen molar-refractivity contribution in [3.8, 4) is 0 Å². The van der Waals surface area contributed by atoms with Crippen LogP contribution in [-0.4, -0.2) is 47.2 Å². The number of sulfonamides is 1. The first-order valence-electron chi connectivity index (χ1n) is 11.3. The summed E-state index contributed by atoms with van der Waals surface area (Å²) < 4.78 is 33.1. The highest BCUT2D eigenvalue weighted by atomic mass is 32.2. The lowest BCUT2D eigenvalue weighted by Crippen LogP contribution is -2.36. The monoisotopic (exact) mass is 499 g/mol. The number of amides is 1. The molecule has 2 heterocycles. The van der Waals surface area contributed by atoms with E-state index < -0.39 is 10.0 Å². The van der Waals surface area contributed by atoms with E-state index in [2.05, 4.69) is 27.1 Å². The van der Waals surface area contributed by atoms with Crippen molar-refractivity contribution >= 4 is 33.0 Å². The van der Waals surface area contributed by atoms with E-state index in [-0.39, 0.29) is 16.8 Å². The molecule has 1 unspecified atom stereocenters. The van der Waals surface area contributed by atoms with E-state index in [4.69, 9.17) is 4.74 Å². The number of carbonyl (C=O) groups excluding carboxylic acids is 1. The number of thiophene rings is 1. The first kappa shape index (κ1) is 24.4. The number of nitrogens with one attached hydrogen (secondary N) is 2. The first-order valence-corrected chi connectivity index (χ1v) is 13.6. The molecule has 1 aromatic heterocycles. The summed E-state index contributed by atoms with van der Waals surface area (Å²) in [6, 6.07) is 17.9. The molecule has 1 aliphatic heterocycles. The third kappa shape index (κ3) is 6.24. The lowest BCUT2D eigenvalue weighted by atomic mass is 10.1. The summed E-state index contributed by atoms with van der Waals surface area (Å²) in [6.45, 7) is 5.48. The van der Waals surface area contributed by atoms with Gasteiger partial charge in [0.25, 0.3) is 5.91 Å². The molecule has 4 rings (SSSR count). The molecule has 0 bridgehead atoms. The standard InChI is InChI=1S/C25H29N3O4S2/c1-19(20-4-8-22(9-5-20)28-14-16-32-17-15-28)27-25(29)21-6-10-24(11-7-21)34(30,31)26-13-12-23-3-2-18-33-23/h2-11,18-19,26H,12-17H2,1H3,(H,27,29). The molecular weight excluding hydrogens is 470 g/mol. The average molecular weight is 500 g/mol. The second-order valence-corrected chi connectivity index (χ2v) is 10.9. The number of anilines is 1. The van der Waals surface area contributed by atoms with Gasteiger partial charge in [-0.25, -0.2) is 13.1 Å². The van der Waals surface area contributed by atoms with Crippen LogP contribution in [0.15, 0.2) is 70.9 Å². The van der Waals surface area contributed by atoms with Crippen molar-refractivity contribution in [2.75, 3.05) is 37.7 Å². The Morgan fingerprint density at radius 2 is 1.76 bits per heavy atom. The Morgan fingerprint density at radius 1 is 1.06 bits per heavy atom. The Balaban J connectivity index is 1.32. The summed E-state index contributed by atoms with van der Waals surface area (Å²) in [5, 5.41) is 4.95. The summed E-state index contributed by atoms with van der Waals surface area (Å²) in [4.78, 5) is 16.3. The van der Waals surface area contributed by atoms with Gasteiger partial charge in [-0.05, 0) is 66.8 Å². The minimum atomic E-state index is -3.62. The zero-order valence-corrected chi connectivity index (χ0v) is 20.7. The van der Waals surface area contributed by atoms with Gasteiger partial charge in [-0.1, -0.05) is 18.2 Å². The molecule has 1 fully saturated rings. The number of carbonyl (C=O) groups is 1. The predicted octanol–water partition coefficient (Wildman–Crippen LogP) is 3.60. The van der Waals surface area contributed by atoms with Gasteiger partial charge in [-0.15, -0.1) is 11.3 Å². The van der Waals surface area contributed by atoms with E-state index >= 15 is 0 Å². The molecule has 34 heavy (non-hydrogen) atoms. The number of hydrogen-bond donors (Lipinski definition) is 2. The Hall–Kier alpha value is -2.72. The van der Waals surface area contributed by atoms with Crippen LogP contribution < -0.4 is 14.9 Å². The van der Waals surface area contributed by atoms with Crippen molar-refractivity contribution < 1.29 is 17.9 Å². The lowest BCUT2D eigenvalue weighted by Gasteiger charge is -2.29. The molecule has 1 aliphatic rings. The normalized spacial score (nSPS) is 15.1. The van der Waals surface area contributed by atoms with E-state index in [1.54, 1.807) is 11.3 Å². The fraction of sp³-hybridized carbons (Fsp3) is 0.320. The van der Waals surface area contributed by atoms with Crippen LogP contribution in [0.4, 0.5) is 5.69 Å². The SMILES string of the molecule is CC(NC(=O)c1ccc(S(=O)(=O)NCCc2cccs2)cc1)c1ccc(N2CCOCC2)cc1. The molecule has 1 amide bonds. The highest BCUT2D eigenvalue weighted by molar-refractivity contribution is 7.89. The predicted molar refractivity (Wildman–Crippen MR) is 135 cm³/mol. The first-order chi connectivity index (χ1) is 16.4. The number of ether oxygens (including phenoxy) is 1. The average Bonchev–Trinajstić information content (AvgIpc) is 3.38. The van der Waals surface area contributed by atoms with Gasteiger partial charge < -0.3 is 15.0 Å². The van der Waals surface area contributed by atoms with Crippen molar-refractivity contribution in [3.63, 3.8) is 0 Å². The van der Waals surface area contributed by atoms with Gasteiger partial charge >= 0.3 is 0 Å². The smallest absolute Gasteiger partial charge is 0.251 e. The van der Waals surface area contributed by atoms with Crippen molar-refractivity contribution in [1.82, 2.24) is 10.0 Å². The quantitative estimate of drug-likeness (QED) is 0.470. The van der Waals surface area contributed by atoms with E-state index in [0.29, 0.717) is 18.5 Å². The number of hydrogen-bond acceptors (Lipinski definition) is 6. The van der Waals surface area contributed by atoms with Crippen LogP contribution in [-0.2, 0) is 21.2 Å². The topological polar surface area (TPSA) is 87.7 Å². The molecule has 0 saturated carbocycles. The summed E-state index contributed by atoms with van der Waals surface area (Å²) in [5.74, 6) is -0.251. The van der Waals surface area contributed by atoms with Crippen LogP contribution in [0.3, 0.4) is 0 Å². The number of nitrogens with zero attached hydrogens (tertiary/aromatic N) is 1. The Labute approximate surface area is 204 Å². The van der Waals surface area contributed by atoms with Crippen LogP contribution in [0.1, 0.15) is 33.8 Å². The maximum absolute atomic E-state index is 12.7. The molecule has 0 spiro atoms. The van der Waals surface area contributed by atoms with Gasteiger partial charge in [0.2, 0.25) is 10.0 Å². The Kier molecular flexibility index (Phi) is 7.99. The second kappa shape index (κ2) is 11.1. The van der Waals surface area contributed by atoms with Gasteiger partial charge in [-0.3, -0.25) is 4.79 Å². The van der Waals surface area contributed by atoms with Gasteiger partial charge in [-0.2, -0.15) is 0 Å². The highest BCUT2D eigenvalue weighted by Gasteiger charge is 2.17. The number of morpholine rings is 1. The summed E-state index contributed by atoms with van der Waals surface area (Å²) in [6.07, 6.45) is 0.642. The number of rotatable bonds is 9. The van der Waals surface area contributed by atoms with Crippen molar-refractivity contribution in [2.24, 2.45) is 0 Å². The minimum absolute atomic E-state index is 0.141. The van der Waals surface area contributed by atoms with Crippen LogP contribution in [0, 0.1) is 0 Å². The zero-order chi connectivity index (χ0) is 24.0. The van der Waals surface area contributed by atoms with Crippen LogP contribution in [0.25, 0.3) is 0 Å². The fourth-order valence-corrected chi connectivity index (χ4v) is 5.53. The third-order valence-corrected chi connectivity index (χ3v) is 8.20. The molecule has 3 aromatic rings. The van der Waals surface area contributed by atoms with E-state index in [0.717, 1.165) is 42.4 Å². The minimum Gasteiger partial charge on any atom is -0.378 e. The molecule has 2 N–H and O–H groups in total. The molecule has 1 atom stereocenters. The molecule has 2 aromatic carbocycles. The van der Waals surface area contributed by atoms with Gasteiger partial charge in [0.1, 0.15) is 0 Å². The van der Waals surface area contributed by atoms with Crippen LogP contribution in [0.2, 0.25) is 0 Å². The maximum Gasteiger partial charge on any atom is 0.251 e. The summed E-state index contributed by atoms with van der Waals surface area (Å²) >= 11 is 1.60. The maximum atomic E-state index is 12.7. The van der Waals surface area contributed by atoms with Crippen molar-refractivity contribution in [3.05, 3.63) is 82.0 Å². The molecule has 0 aliphatic carbocycles. The largest absolute Gasteiger partial charge is 0.378 e. The van der Waals surface area contributed by atoms with Crippen molar-refractivity contribution in [1.29, 1.82) is 0 Å². The molecular formula is C25H29N3O4S2. The Morgan fingerprint density at radius 3 is 2.41 bits per heavy atom. The highest BCUT2D eigenvalue weighted by Crippen LogP contribution is 2.21. The van der Waals surface area contributed by atoms with Gasteiger partial charge in [0.05, 0.1) is 24.2 Å². The van der Waals surface area contributed by atoms with E-state index in [1.807, 2.05) is 36.6 Å². The molecule has 0 radical (unpaired) electrons. The van der Waals surface area contributed by atoms with Crippen molar-refractivity contribution in [2.45, 2.75) is 24.3 Å². The molecule has 7 nitrogen and oxygen atoms in total. The summed E-state index contributed by atoms with van der Waals surface area (Å²) in [7, 11) is -3.62. The number of benzene rings is 2. The second-order valence-electron chi connectivity index (χ2n) is 8.14. The van der Waals surface area contributed by atoms with E-state index in [1.165, 1.54) is 24.3 Å². The molecule has 9 heteroatoms. The van der Waals surface area contributed by atoms with Gasteiger partial charge in [0, 0.05) is 35.8 Å². The Bertz CT molecular complexity index is 1170. The third-order valence-electron chi connectivity index (χ3n) is 5.79. The molecule has 1 saturated heterocycles. The van der Waals surface area contributed by atoms with Gasteiger partial charge in [0.15, 0.2) is 0 Å². The van der Waals surface area contributed by atoms with Crippen LogP contribution >= 0.6 is 11.3 Å². The van der Waals surface area contributed by atoms with E-state index in [9.17, 15) is 13.2 Å². The lowest BCUT2D eigenvalue weighted by molar-refractivity contribution is 0.0939. The van der Waals surface area contributed by atoms with Crippen LogP contribution in [0.5, 0.6) is 0 Å². The molecule has 180 valence electrons.